The van der Waals surface area contributed by atoms with Crippen molar-refractivity contribution in [2.45, 2.75) is 46.2 Å². The molecule has 0 aliphatic rings. The molecule has 0 bridgehead atoms. The Morgan fingerprint density at radius 3 is 2.43 bits per heavy atom. The standard InChI is InChI=1S/C23H30ClN3.CH3NO/c1-5-13-26(4)17-21(6-2)27(16-20-10-8-7-9-18(20)3)22-12-11-19(15-25)23(24)14-22;2-1-3/h7-12,14,21H,5-6,13,16-17H2,1-4H3;1H,(H2,2,3). The summed E-state index contributed by atoms with van der Waals surface area (Å²) in [6.07, 6.45) is 2.44. The zero-order chi connectivity index (χ0) is 22.5. The lowest BCUT2D eigenvalue weighted by Gasteiger charge is -2.36. The van der Waals surface area contributed by atoms with E-state index in [0.29, 0.717) is 16.6 Å². The normalized spacial score (nSPS) is 11.2. The second-order valence-electron chi connectivity index (χ2n) is 7.29. The summed E-state index contributed by atoms with van der Waals surface area (Å²) < 4.78 is 0. The van der Waals surface area contributed by atoms with Gasteiger partial charge in [0.15, 0.2) is 0 Å². The topological polar surface area (TPSA) is 73.4 Å². The van der Waals surface area contributed by atoms with Crippen molar-refractivity contribution >= 4 is 23.7 Å². The van der Waals surface area contributed by atoms with Crippen LogP contribution in [0.2, 0.25) is 5.02 Å². The number of hydrogen-bond donors (Lipinski definition) is 1. The van der Waals surface area contributed by atoms with Crippen LogP contribution in [0.4, 0.5) is 5.69 Å². The maximum absolute atomic E-state index is 9.20. The van der Waals surface area contributed by atoms with E-state index < -0.39 is 0 Å². The molecule has 0 saturated heterocycles. The molecule has 0 radical (unpaired) electrons. The number of amides is 1. The smallest absolute Gasteiger partial charge is 0.204 e. The van der Waals surface area contributed by atoms with Gasteiger partial charge in [-0.1, -0.05) is 49.7 Å². The van der Waals surface area contributed by atoms with E-state index in [1.54, 1.807) is 0 Å². The Morgan fingerprint density at radius 2 is 1.90 bits per heavy atom. The average molecular weight is 429 g/mol. The summed E-state index contributed by atoms with van der Waals surface area (Å²) in [4.78, 5) is 13.4. The lowest BCUT2D eigenvalue weighted by molar-refractivity contribution is -0.106. The quantitative estimate of drug-likeness (QED) is 0.585. The molecule has 2 aromatic carbocycles. The van der Waals surface area contributed by atoms with Gasteiger partial charge >= 0.3 is 0 Å². The largest absolute Gasteiger partial charge is 0.372 e. The molecule has 1 atom stereocenters. The number of carbonyl (C=O) groups excluding carboxylic acids is 1. The summed E-state index contributed by atoms with van der Waals surface area (Å²) in [7, 11) is 2.18. The van der Waals surface area contributed by atoms with Crippen molar-refractivity contribution in [3.8, 4) is 6.07 Å². The van der Waals surface area contributed by atoms with Gasteiger partial charge in [-0.25, -0.2) is 0 Å². The first-order valence-corrected chi connectivity index (χ1v) is 10.6. The molecule has 2 rings (SSSR count). The Labute approximate surface area is 186 Å². The number of likely N-dealkylation sites (N-methyl/N-ethyl adjacent to an activating group) is 1. The number of nitrogens with zero attached hydrogens (tertiary/aromatic N) is 3. The molecule has 0 spiro atoms. The van der Waals surface area contributed by atoms with E-state index in [9.17, 15) is 5.26 Å². The maximum Gasteiger partial charge on any atom is 0.204 e. The Kier molecular flexibility index (Phi) is 11.6. The first kappa shape index (κ1) is 25.5. The molecule has 6 heteroatoms. The van der Waals surface area contributed by atoms with E-state index in [0.717, 1.165) is 38.2 Å². The van der Waals surface area contributed by atoms with Gasteiger partial charge in [-0.15, -0.1) is 0 Å². The van der Waals surface area contributed by atoms with E-state index in [-0.39, 0.29) is 6.41 Å². The fourth-order valence-corrected chi connectivity index (χ4v) is 3.67. The molecule has 162 valence electrons. The number of hydrogen-bond acceptors (Lipinski definition) is 4. The van der Waals surface area contributed by atoms with Crippen molar-refractivity contribution in [2.24, 2.45) is 5.73 Å². The summed E-state index contributed by atoms with van der Waals surface area (Å²) in [5.41, 5.74) is 8.36. The van der Waals surface area contributed by atoms with Crippen LogP contribution in [-0.4, -0.2) is 37.5 Å². The van der Waals surface area contributed by atoms with Crippen molar-refractivity contribution in [3.05, 3.63) is 64.2 Å². The Hall–Kier alpha value is -2.55. The van der Waals surface area contributed by atoms with Crippen LogP contribution in [0.15, 0.2) is 42.5 Å². The molecule has 0 fully saturated rings. The highest BCUT2D eigenvalue weighted by Gasteiger charge is 2.21. The average Bonchev–Trinajstić information content (AvgIpc) is 2.72. The Balaban J connectivity index is 0.00000141. The molecule has 0 aliphatic carbocycles. The third-order valence-electron chi connectivity index (χ3n) is 5.05. The van der Waals surface area contributed by atoms with Gasteiger partial charge in [0, 0.05) is 24.8 Å². The lowest BCUT2D eigenvalue weighted by atomic mass is 10.0. The molecule has 0 aromatic heterocycles. The predicted octanol–water partition coefficient (Wildman–Crippen LogP) is 4.75. The van der Waals surface area contributed by atoms with E-state index in [1.165, 1.54) is 11.1 Å². The fraction of sp³-hybridized carbons (Fsp3) is 0.417. The minimum Gasteiger partial charge on any atom is -0.372 e. The maximum atomic E-state index is 9.20. The SMILES string of the molecule is CCCN(C)CC(CC)N(Cc1ccccc1C)c1ccc(C#N)c(Cl)c1.NC=O. The summed E-state index contributed by atoms with van der Waals surface area (Å²) >= 11 is 6.35. The van der Waals surface area contributed by atoms with E-state index in [1.807, 2.05) is 18.2 Å². The number of benzene rings is 2. The van der Waals surface area contributed by atoms with Gasteiger partial charge in [-0.05, 0) is 62.7 Å². The fourth-order valence-electron chi connectivity index (χ4n) is 3.46. The predicted molar refractivity (Wildman–Crippen MR) is 126 cm³/mol. The molecular formula is C24H33ClN4O. The van der Waals surface area contributed by atoms with Crippen LogP contribution in [0.3, 0.4) is 0 Å². The molecule has 0 aliphatic heterocycles. The van der Waals surface area contributed by atoms with Crippen molar-refractivity contribution in [1.82, 2.24) is 4.90 Å². The minimum absolute atomic E-state index is 0.250. The van der Waals surface area contributed by atoms with Crippen LogP contribution >= 0.6 is 11.6 Å². The van der Waals surface area contributed by atoms with Crippen LogP contribution in [-0.2, 0) is 11.3 Å². The van der Waals surface area contributed by atoms with E-state index >= 15 is 0 Å². The molecule has 1 unspecified atom stereocenters. The van der Waals surface area contributed by atoms with Crippen LogP contribution in [0.5, 0.6) is 0 Å². The van der Waals surface area contributed by atoms with Gasteiger partial charge < -0.3 is 15.5 Å². The van der Waals surface area contributed by atoms with Gasteiger partial charge in [0.05, 0.1) is 10.6 Å². The van der Waals surface area contributed by atoms with Crippen molar-refractivity contribution in [1.29, 1.82) is 5.26 Å². The van der Waals surface area contributed by atoms with Crippen molar-refractivity contribution in [3.63, 3.8) is 0 Å². The summed E-state index contributed by atoms with van der Waals surface area (Å²) in [5.74, 6) is 0. The highest BCUT2D eigenvalue weighted by atomic mass is 35.5. The van der Waals surface area contributed by atoms with Gasteiger partial charge in [0.1, 0.15) is 6.07 Å². The van der Waals surface area contributed by atoms with Crippen LogP contribution < -0.4 is 10.6 Å². The Morgan fingerprint density at radius 1 is 1.23 bits per heavy atom. The number of primary amides is 1. The molecule has 30 heavy (non-hydrogen) atoms. The number of nitrogens with two attached hydrogens (primary N) is 1. The first-order chi connectivity index (χ1) is 14.4. The minimum atomic E-state index is 0.250. The molecule has 2 N–H and O–H groups in total. The summed E-state index contributed by atoms with van der Waals surface area (Å²) in [5, 5.41) is 9.71. The Bertz CT molecular complexity index is 834. The third kappa shape index (κ3) is 7.70. The van der Waals surface area contributed by atoms with Crippen LogP contribution in [0, 0.1) is 18.3 Å². The lowest BCUT2D eigenvalue weighted by Crippen LogP contribution is -2.43. The zero-order valence-electron chi connectivity index (χ0n) is 18.4. The number of carbonyl (C=O) groups is 1. The van der Waals surface area contributed by atoms with E-state index in [4.69, 9.17) is 16.4 Å². The zero-order valence-corrected chi connectivity index (χ0v) is 19.2. The molecule has 2 aromatic rings. The molecule has 1 amide bonds. The number of nitriles is 1. The van der Waals surface area contributed by atoms with Crippen LogP contribution in [0.25, 0.3) is 0 Å². The summed E-state index contributed by atoms with van der Waals surface area (Å²) in [6, 6.07) is 16.8. The number of anilines is 1. The third-order valence-corrected chi connectivity index (χ3v) is 5.36. The highest BCUT2D eigenvalue weighted by Crippen LogP contribution is 2.28. The van der Waals surface area contributed by atoms with Gasteiger partial charge in [0.25, 0.3) is 0 Å². The number of halogens is 1. The molecule has 5 nitrogen and oxygen atoms in total. The van der Waals surface area contributed by atoms with Gasteiger partial charge in [-0.3, -0.25) is 4.79 Å². The first-order valence-electron chi connectivity index (χ1n) is 10.3. The molecule has 0 saturated carbocycles. The number of rotatable bonds is 9. The van der Waals surface area contributed by atoms with E-state index in [2.05, 4.69) is 73.7 Å². The van der Waals surface area contributed by atoms with Gasteiger partial charge in [0.2, 0.25) is 6.41 Å². The second-order valence-corrected chi connectivity index (χ2v) is 7.70. The second kappa shape index (κ2) is 13.6. The highest BCUT2D eigenvalue weighted by molar-refractivity contribution is 6.32. The molecule has 0 heterocycles. The van der Waals surface area contributed by atoms with Gasteiger partial charge in [-0.2, -0.15) is 5.26 Å². The van der Waals surface area contributed by atoms with Crippen LogP contribution in [0.1, 0.15) is 43.4 Å². The summed E-state index contributed by atoms with van der Waals surface area (Å²) in [6.45, 7) is 9.51. The van der Waals surface area contributed by atoms with Crippen molar-refractivity contribution < 1.29 is 4.79 Å². The van der Waals surface area contributed by atoms with Crippen molar-refractivity contribution in [2.75, 3.05) is 25.0 Å². The number of aryl methyl sites for hydroxylation is 1. The molecular weight excluding hydrogens is 396 g/mol. The monoisotopic (exact) mass is 428 g/mol.